The van der Waals surface area contributed by atoms with Gasteiger partial charge >= 0.3 is 0 Å². The second-order valence-corrected chi connectivity index (χ2v) is 3.85. The van der Waals surface area contributed by atoms with Crippen molar-refractivity contribution in [3.8, 4) is 0 Å². The summed E-state index contributed by atoms with van der Waals surface area (Å²) in [5.41, 5.74) is 1.29. The third kappa shape index (κ3) is 1.11. The molecule has 1 atom stereocenters. The average Bonchev–Trinajstić information content (AvgIpc) is 2.31. The number of anilines is 1. The van der Waals surface area contributed by atoms with E-state index in [0.29, 0.717) is 11.3 Å². The van der Waals surface area contributed by atoms with E-state index in [-0.39, 0.29) is 5.78 Å². The second kappa shape index (κ2) is 2.70. The van der Waals surface area contributed by atoms with Crippen molar-refractivity contribution in [3.05, 3.63) is 27.3 Å². The van der Waals surface area contributed by atoms with Crippen LogP contribution >= 0.6 is 22.6 Å². The van der Waals surface area contributed by atoms with Crippen LogP contribution in [-0.2, 0) is 0 Å². The Hall–Kier alpha value is -0.620. The summed E-state index contributed by atoms with van der Waals surface area (Å²) in [7, 11) is 0. The van der Waals surface area contributed by atoms with E-state index in [4.69, 9.17) is 5.11 Å². The highest BCUT2D eigenvalue weighted by molar-refractivity contribution is 14.1. The van der Waals surface area contributed by atoms with Crippen LogP contribution in [0.3, 0.4) is 0 Å². The van der Waals surface area contributed by atoms with Crippen molar-refractivity contribution in [2.45, 2.75) is 6.23 Å². The van der Waals surface area contributed by atoms with E-state index in [2.05, 4.69) is 27.9 Å². The van der Waals surface area contributed by atoms with Crippen molar-refractivity contribution in [2.75, 3.05) is 5.32 Å². The van der Waals surface area contributed by atoms with Crippen LogP contribution in [0.25, 0.3) is 0 Å². The van der Waals surface area contributed by atoms with E-state index < -0.39 is 6.23 Å². The van der Waals surface area contributed by atoms with E-state index in [9.17, 15) is 4.79 Å². The Bertz CT molecular complexity index is 351. The quantitative estimate of drug-likeness (QED) is 0.700. The molecule has 0 spiro atoms. The largest absolute Gasteiger partial charge is 0.367 e. The van der Waals surface area contributed by atoms with Crippen LogP contribution in [0.15, 0.2) is 18.2 Å². The van der Waals surface area contributed by atoms with Gasteiger partial charge in [-0.3, -0.25) is 4.79 Å². The van der Waals surface area contributed by atoms with Crippen molar-refractivity contribution in [1.82, 2.24) is 0 Å². The van der Waals surface area contributed by atoms with Crippen molar-refractivity contribution in [1.29, 1.82) is 0 Å². The summed E-state index contributed by atoms with van der Waals surface area (Å²) < 4.78 is 0.996. The summed E-state index contributed by atoms with van der Waals surface area (Å²) >= 11 is 2.13. The molecule has 0 aliphatic carbocycles. The minimum absolute atomic E-state index is 0.247. The lowest BCUT2D eigenvalue weighted by Gasteiger charge is -1.98. The molecule has 3 nitrogen and oxygen atoms in total. The van der Waals surface area contributed by atoms with E-state index in [1.807, 2.05) is 6.07 Å². The van der Waals surface area contributed by atoms with Crippen molar-refractivity contribution < 1.29 is 9.90 Å². The van der Waals surface area contributed by atoms with E-state index in [0.717, 1.165) is 3.57 Å². The van der Waals surface area contributed by atoms with Gasteiger partial charge in [0.05, 0.1) is 0 Å². The summed E-state index contributed by atoms with van der Waals surface area (Å²) in [4.78, 5) is 11.2. The average molecular weight is 275 g/mol. The monoisotopic (exact) mass is 275 g/mol. The van der Waals surface area contributed by atoms with Crippen molar-refractivity contribution in [2.24, 2.45) is 0 Å². The number of nitrogens with one attached hydrogen (secondary N) is 1. The molecule has 0 radical (unpaired) electrons. The predicted octanol–water partition coefficient (Wildman–Crippen LogP) is 1.22. The van der Waals surface area contributed by atoms with Gasteiger partial charge in [0.1, 0.15) is 0 Å². The summed E-state index contributed by atoms with van der Waals surface area (Å²) in [5.74, 6) is -0.247. The molecule has 2 rings (SSSR count). The zero-order valence-corrected chi connectivity index (χ0v) is 8.20. The number of Topliss-reactive ketones (excluding diaryl/α,β-unsaturated/α-hetero) is 1. The third-order valence-corrected chi connectivity index (χ3v) is 2.46. The molecular weight excluding hydrogens is 269 g/mol. The van der Waals surface area contributed by atoms with Gasteiger partial charge in [0.15, 0.2) is 6.23 Å². The molecule has 2 N–H and O–H groups in total. The molecular formula is C8H6INO2. The number of halogens is 1. The zero-order valence-electron chi connectivity index (χ0n) is 6.04. The molecule has 1 aliphatic rings. The van der Waals surface area contributed by atoms with E-state index in [1.165, 1.54) is 0 Å². The van der Waals surface area contributed by atoms with Gasteiger partial charge in [-0.2, -0.15) is 0 Å². The molecule has 1 aromatic rings. The fourth-order valence-electron chi connectivity index (χ4n) is 1.21. The molecule has 0 amide bonds. The highest BCUT2D eigenvalue weighted by atomic mass is 127. The lowest BCUT2D eigenvalue weighted by Crippen LogP contribution is -2.20. The van der Waals surface area contributed by atoms with Gasteiger partial charge < -0.3 is 10.4 Å². The fraction of sp³-hybridized carbons (Fsp3) is 0.125. The van der Waals surface area contributed by atoms with Crippen LogP contribution in [0.1, 0.15) is 10.4 Å². The number of aliphatic hydroxyl groups is 1. The van der Waals surface area contributed by atoms with Crippen LogP contribution in [0.4, 0.5) is 5.69 Å². The maximum atomic E-state index is 11.2. The zero-order chi connectivity index (χ0) is 8.72. The van der Waals surface area contributed by atoms with Crippen LogP contribution in [-0.4, -0.2) is 17.1 Å². The Morgan fingerprint density at radius 3 is 3.00 bits per heavy atom. The maximum absolute atomic E-state index is 11.2. The molecule has 0 bridgehead atoms. The lowest BCUT2D eigenvalue weighted by atomic mass is 10.1. The number of carbonyl (C=O) groups is 1. The first kappa shape index (κ1) is 8.00. The first-order valence-electron chi connectivity index (χ1n) is 3.47. The first-order valence-corrected chi connectivity index (χ1v) is 4.55. The number of aliphatic hydroxyl groups excluding tert-OH is 1. The van der Waals surface area contributed by atoms with Gasteiger partial charge in [0.25, 0.3) is 0 Å². The molecule has 0 fully saturated rings. The van der Waals surface area contributed by atoms with Crippen molar-refractivity contribution in [3.63, 3.8) is 0 Å². The topological polar surface area (TPSA) is 49.3 Å². The molecule has 1 aromatic carbocycles. The Kier molecular flexibility index (Phi) is 1.80. The maximum Gasteiger partial charge on any atom is 0.213 e. The molecule has 0 saturated heterocycles. The summed E-state index contributed by atoms with van der Waals surface area (Å²) in [5, 5.41) is 11.8. The minimum Gasteiger partial charge on any atom is -0.367 e. The molecule has 12 heavy (non-hydrogen) atoms. The molecule has 0 aromatic heterocycles. The summed E-state index contributed by atoms with van der Waals surface area (Å²) in [6, 6.07) is 5.45. The Morgan fingerprint density at radius 1 is 1.50 bits per heavy atom. The number of benzene rings is 1. The number of carbonyl (C=O) groups excluding carboxylic acids is 1. The molecule has 62 valence electrons. The van der Waals surface area contributed by atoms with Gasteiger partial charge in [0, 0.05) is 14.8 Å². The number of fused-ring (bicyclic) bond motifs is 1. The SMILES string of the molecule is O=C1c2cc(I)ccc2NC1O. The third-order valence-electron chi connectivity index (χ3n) is 1.79. The lowest BCUT2D eigenvalue weighted by molar-refractivity contribution is 0.0814. The normalized spacial score (nSPS) is 20.5. The van der Waals surface area contributed by atoms with Crippen LogP contribution in [0, 0.1) is 3.57 Å². The molecule has 1 heterocycles. The summed E-state index contributed by atoms with van der Waals surface area (Å²) in [6.07, 6.45) is -1.06. The van der Waals surface area contributed by atoms with E-state index >= 15 is 0 Å². The first-order chi connectivity index (χ1) is 5.68. The Labute approximate surface area is 82.9 Å². The second-order valence-electron chi connectivity index (χ2n) is 2.60. The Morgan fingerprint density at radius 2 is 2.25 bits per heavy atom. The molecule has 4 heteroatoms. The number of ketones is 1. The highest BCUT2D eigenvalue weighted by Crippen LogP contribution is 2.26. The van der Waals surface area contributed by atoms with Gasteiger partial charge in [-0.25, -0.2) is 0 Å². The summed E-state index contributed by atoms with van der Waals surface area (Å²) in [6.45, 7) is 0. The van der Waals surface area contributed by atoms with Gasteiger partial charge in [0.2, 0.25) is 5.78 Å². The van der Waals surface area contributed by atoms with Gasteiger partial charge in [-0.05, 0) is 40.8 Å². The minimum atomic E-state index is -1.06. The highest BCUT2D eigenvalue weighted by Gasteiger charge is 2.27. The number of rotatable bonds is 0. The van der Waals surface area contributed by atoms with Gasteiger partial charge in [-0.15, -0.1) is 0 Å². The van der Waals surface area contributed by atoms with Crippen LogP contribution in [0.5, 0.6) is 0 Å². The van der Waals surface area contributed by atoms with E-state index in [1.54, 1.807) is 12.1 Å². The Balaban J connectivity index is 2.56. The molecule has 0 saturated carbocycles. The van der Waals surface area contributed by atoms with Gasteiger partial charge in [-0.1, -0.05) is 0 Å². The fourth-order valence-corrected chi connectivity index (χ4v) is 1.70. The van der Waals surface area contributed by atoms with Crippen LogP contribution in [0.2, 0.25) is 0 Å². The smallest absolute Gasteiger partial charge is 0.213 e. The van der Waals surface area contributed by atoms with Crippen molar-refractivity contribution >= 4 is 34.1 Å². The standard InChI is InChI=1S/C8H6INO2/c9-4-1-2-6-5(3-4)7(11)8(12)10-6/h1-3,8,10,12H. The predicted molar refractivity (Wildman–Crippen MR) is 53.1 cm³/mol. The van der Waals surface area contributed by atoms with Crippen LogP contribution < -0.4 is 5.32 Å². The number of hydrogen-bond donors (Lipinski definition) is 2. The molecule has 1 aliphatic heterocycles. The number of hydrogen-bond acceptors (Lipinski definition) is 3. The molecule has 1 unspecified atom stereocenters.